The third kappa shape index (κ3) is 5.09. The highest BCUT2D eigenvalue weighted by Crippen LogP contribution is 2.19. The van der Waals surface area contributed by atoms with Gasteiger partial charge in [0.05, 0.1) is 26.0 Å². The van der Waals surface area contributed by atoms with E-state index in [1.54, 1.807) is 4.90 Å². The molecule has 2 fully saturated rings. The number of rotatable bonds is 5. The van der Waals surface area contributed by atoms with Gasteiger partial charge in [-0.05, 0) is 6.92 Å². The van der Waals surface area contributed by atoms with E-state index in [9.17, 15) is 13.2 Å². The summed E-state index contributed by atoms with van der Waals surface area (Å²) in [4.78, 5) is 27.6. The number of likely N-dealkylation sites (N-methyl/N-ethyl adjacent to an activating group) is 1. The van der Waals surface area contributed by atoms with Crippen LogP contribution >= 0.6 is 0 Å². The van der Waals surface area contributed by atoms with Gasteiger partial charge in [-0.1, -0.05) is 0 Å². The van der Waals surface area contributed by atoms with Crippen LogP contribution in [0.3, 0.4) is 0 Å². The lowest BCUT2D eigenvalue weighted by Crippen LogP contribution is -2.51. The van der Waals surface area contributed by atoms with Crippen LogP contribution in [-0.2, 0) is 19.6 Å². The number of aromatic nitrogens is 2. The quantitative estimate of drug-likeness (QED) is 0.617. The summed E-state index contributed by atoms with van der Waals surface area (Å²) < 4.78 is 29.5. The number of ether oxygens (including phenoxy) is 1. The van der Waals surface area contributed by atoms with E-state index in [1.165, 1.54) is 7.05 Å². The predicted octanol–water partition coefficient (Wildman–Crippen LogP) is -0.838. The molecule has 1 aromatic rings. The van der Waals surface area contributed by atoms with Crippen molar-refractivity contribution in [2.75, 3.05) is 82.1 Å². The zero-order chi connectivity index (χ0) is 20.3. The van der Waals surface area contributed by atoms with Crippen LogP contribution in [0, 0.1) is 6.92 Å². The van der Waals surface area contributed by atoms with Gasteiger partial charge in [-0.3, -0.25) is 4.79 Å². The summed E-state index contributed by atoms with van der Waals surface area (Å²) in [5.41, 5.74) is 0.903. The number of aryl methyl sites for hydroxylation is 1. The molecule has 2 aliphatic heterocycles. The van der Waals surface area contributed by atoms with Crippen LogP contribution in [0.1, 0.15) is 5.69 Å². The molecule has 28 heavy (non-hydrogen) atoms. The normalized spacial score (nSPS) is 18.6. The van der Waals surface area contributed by atoms with Crippen molar-refractivity contribution in [3.63, 3.8) is 0 Å². The number of hydrogen-bond donors (Lipinski definition) is 0. The first kappa shape index (κ1) is 20.7. The lowest BCUT2D eigenvalue weighted by atomic mass is 10.3. The lowest BCUT2D eigenvalue weighted by Gasteiger charge is -2.36. The van der Waals surface area contributed by atoms with Gasteiger partial charge in [0, 0.05) is 58.1 Å². The molecule has 0 saturated carbocycles. The smallest absolute Gasteiger partial charge is 0.238 e. The first-order valence-corrected chi connectivity index (χ1v) is 11.2. The van der Waals surface area contributed by atoms with Gasteiger partial charge in [0.1, 0.15) is 5.82 Å². The maximum absolute atomic E-state index is 12.4. The number of carbonyl (C=O) groups is 1. The number of piperazine rings is 1. The van der Waals surface area contributed by atoms with Gasteiger partial charge < -0.3 is 19.4 Å². The van der Waals surface area contributed by atoms with Crippen LogP contribution in [0.15, 0.2) is 6.07 Å². The molecule has 156 valence electrons. The molecule has 0 bridgehead atoms. The molecule has 0 radical (unpaired) electrons. The van der Waals surface area contributed by atoms with Crippen molar-refractivity contribution in [3.8, 4) is 0 Å². The molecular formula is C17H28N6O4S. The molecule has 1 amide bonds. The number of hydrogen-bond acceptors (Lipinski definition) is 8. The molecule has 0 atom stereocenters. The van der Waals surface area contributed by atoms with Gasteiger partial charge in [0.15, 0.2) is 0 Å². The van der Waals surface area contributed by atoms with E-state index in [2.05, 4.69) is 14.8 Å². The SMILES string of the molecule is Cc1cc(N2CCOCC2)nc(N2CCN(C(=O)CN(C)S(C)(=O)=O)CC2)n1. The van der Waals surface area contributed by atoms with E-state index in [0.29, 0.717) is 45.3 Å². The Balaban J connectivity index is 1.61. The molecule has 0 N–H and O–H groups in total. The first-order chi connectivity index (χ1) is 13.2. The van der Waals surface area contributed by atoms with E-state index in [-0.39, 0.29) is 12.5 Å². The summed E-state index contributed by atoms with van der Waals surface area (Å²) in [7, 11) is -1.95. The number of morpholine rings is 1. The summed E-state index contributed by atoms with van der Waals surface area (Å²) in [5, 5.41) is 0. The Labute approximate surface area is 166 Å². The van der Waals surface area contributed by atoms with Crippen molar-refractivity contribution in [1.82, 2.24) is 19.2 Å². The predicted molar refractivity (Wildman–Crippen MR) is 106 cm³/mol. The van der Waals surface area contributed by atoms with Gasteiger partial charge in [0.2, 0.25) is 21.9 Å². The average Bonchev–Trinajstić information content (AvgIpc) is 2.67. The van der Waals surface area contributed by atoms with Gasteiger partial charge in [-0.25, -0.2) is 13.4 Å². The van der Waals surface area contributed by atoms with Gasteiger partial charge in [-0.15, -0.1) is 0 Å². The van der Waals surface area contributed by atoms with E-state index in [4.69, 9.17) is 9.72 Å². The second-order valence-electron chi connectivity index (χ2n) is 7.15. The Morgan fingerprint density at radius 3 is 2.36 bits per heavy atom. The topological polar surface area (TPSA) is 99.2 Å². The minimum absolute atomic E-state index is 0.138. The van der Waals surface area contributed by atoms with Crippen LogP contribution in [0.25, 0.3) is 0 Å². The Hall–Kier alpha value is -1.98. The molecule has 11 heteroatoms. The van der Waals surface area contributed by atoms with Crippen molar-refractivity contribution in [2.24, 2.45) is 0 Å². The minimum Gasteiger partial charge on any atom is -0.378 e. The fourth-order valence-electron chi connectivity index (χ4n) is 3.20. The van der Waals surface area contributed by atoms with Crippen molar-refractivity contribution >= 4 is 27.7 Å². The maximum atomic E-state index is 12.4. The van der Waals surface area contributed by atoms with Crippen LogP contribution in [0.4, 0.5) is 11.8 Å². The van der Waals surface area contributed by atoms with Gasteiger partial charge in [0.25, 0.3) is 0 Å². The maximum Gasteiger partial charge on any atom is 0.238 e. The fourth-order valence-corrected chi connectivity index (χ4v) is 3.54. The average molecular weight is 413 g/mol. The molecule has 10 nitrogen and oxygen atoms in total. The number of carbonyl (C=O) groups excluding carboxylic acids is 1. The molecule has 0 aromatic carbocycles. The monoisotopic (exact) mass is 412 g/mol. The third-order valence-corrected chi connectivity index (χ3v) is 6.26. The molecule has 3 heterocycles. The van der Waals surface area contributed by atoms with Gasteiger partial charge in [-0.2, -0.15) is 9.29 Å². The van der Waals surface area contributed by atoms with E-state index in [1.807, 2.05) is 13.0 Å². The summed E-state index contributed by atoms with van der Waals surface area (Å²) in [5.74, 6) is 1.38. The number of nitrogens with zero attached hydrogens (tertiary/aromatic N) is 6. The minimum atomic E-state index is -3.37. The molecular weight excluding hydrogens is 384 g/mol. The Bertz CT molecular complexity index is 804. The Morgan fingerprint density at radius 1 is 1.11 bits per heavy atom. The van der Waals surface area contributed by atoms with Crippen LogP contribution in [0.2, 0.25) is 0 Å². The van der Waals surface area contributed by atoms with E-state index in [0.717, 1.165) is 35.2 Å². The zero-order valence-corrected chi connectivity index (χ0v) is 17.5. The Morgan fingerprint density at radius 2 is 1.75 bits per heavy atom. The number of anilines is 2. The summed E-state index contributed by atoms with van der Waals surface area (Å²) in [6, 6.07) is 1.98. The van der Waals surface area contributed by atoms with Crippen LogP contribution < -0.4 is 9.80 Å². The molecule has 0 spiro atoms. The molecule has 0 unspecified atom stereocenters. The second kappa shape index (κ2) is 8.58. The largest absolute Gasteiger partial charge is 0.378 e. The van der Waals surface area contributed by atoms with Crippen molar-refractivity contribution in [1.29, 1.82) is 0 Å². The lowest BCUT2D eigenvalue weighted by molar-refractivity contribution is -0.131. The van der Waals surface area contributed by atoms with Crippen LogP contribution in [0.5, 0.6) is 0 Å². The molecule has 2 saturated heterocycles. The summed E-state index contributed by atoms with van der Waals surface area (Å²) in [6.07, 6.45) is 1.10. The highest BCUT2D eigenvalue weighted by atomic mass is 32.2. The first-order valence-electron chi connectivity index (χ1n) is 9.36. The fraction of sp³-hybridized carbons (Fsp3) is 0.706. The highest BCUT2D eigenvalue weighted by Gasteiger charge is 2.26. The molecule has 0 aliphatic carbocycles. The van der Waals surface area contributed by atoms with E-state index < -0.39 is 10.0 Å². The van der Waals surface area contributed by atoms with Crippen LogP contribution in [-0.4, -0.2) is 106 Å². The second-order valence-corrected chi connectivity index (χ2v) is 9.24. The van der Waals surface area contributed by atoms with Crippen molar-refractivity contribution in [2.45, 2.75) is 6.92 Å². The van der Waals surface area contributed by atoms with Gasteiger partial charge >= 0.3 is 0 Å². The van der Waals surface area contributed by atoms with Crippen molar-refractivity contribution < 1.29 is 17.9 Å². The summed E-state index contributed by atoms with van der Waals surface area (Å²) in [6.45, 7) is 7.08. The highest BCUT2D eigenvalue weighted by molar-refractivity contribution is 7.88. The number of amides is 1. The Kier molecular flexibility index (Phi) is 6.36. The molecule has 1 aromatic heterocycles. The molecule has 3 rings (SSSR count). The summed E-state index contributed by atoms with van der Waals surface area (Å²) >= 11 is 0. The zero-order valence-electron chi connectivity index (χ0n) is 16.7. The number of sulfonamides is 1. The standard InChI is InChI=1S/C17H28N6O4S/c1-14-12-15(21-8-10-27-11-9-21)19-17(18-14)23-6-4-22(5-7-23)16(24)13-20(2)28(3,25)26/h12H,4-11,13H2,1-3H3. The van der Waals surface area contributed by atoms with Crippen molar-refractivity contribution in [3.05, 3.63) is 11.8 Å². The third-order valence-electron chi connectivity index (χ3n) is 5.00. The molecule has 2 aliphatic rings. The van der Waals surface area contributed by atoms with E-state index >= 15 is 0 Å².